The highest BCUT2D eigenvalue weighted by molar-refractivity contribution is 7.13. The van der Waals surface area contributed by atoms with Crippen LogP contribution in [-0.4, -0.2) is 58.2 Å². The van der Waals surface area contributed by atoms with Crippen molar-refractivity contribution in [1.82, 2.24) is 19.5 Å². The minimum absolute atomic E-state index is 0.00913. The van der Waals surface area contributed by atoms with E-state index < -0.39 is 0 Å². The molecule has 1 aliphatic rings. The molecule has 4 rings (SSSR count). The van der Waals surface area contributed by atoms with Crippen molar-refractivity contribution in [3.63, 3.8) is 0 Å². The number of nitrogens with zero attached hydrogens (tertiary/aromatic N) is 4. The molecule has 3 aromatic heterocycles. The topological polar surface area (TPSA) is 92.5 Å². The van der Waals surface area contributed by atoms with Crippen LogP contribution in [0.25, 0.3) is 16.2 Å². The van der Waals surface area contributed by atoms with Crippen molar-refractivity contribution in [2.45, 2.75) is 6.42 Å². The number of nitrogens with one attached hydrogen (secondary N) is 1. The number of nitrogens with two attached hydrogens (primary N) is 1. The SMILES string of the molecule is N=C(N)c1ccc(-c2cccs2)n2nc(CCN3CCOCC3)nc12. The molecular formula is C17H20N6OS. The predicted octanol–water partition coefficient (Wildman–Crippen LogP) is 1.62. The Morgan fingerprint density at radius 2 is 2.12 bits per heavy atom. The zero-order chi connectivity index (χ0) is 17.2. The highest BCUT2D eigenvalue weighted by atomic mass is 32.1. The molecule has 0 bridgehead atoms. The molecule has 0 spiro atoms. The summed E-state index contributed by atoms with van der Waals surface area (Å²) in [6.45, 7) is 4.38. The van der Waals surface area contributed by atoms with E-state index >= 15 is 0 Å². The third kappa shape index (κ3) is 3.28. The summed E-state index contributed by atoms with van der Waals surface area (Å²) in [6.07, 6.45) is 0.767. The molecule has 4 heterocycles. The maximum atomic E-state index is 7.81. The van der Waals surface area contributed by atoms with E-state index in [2.05, 4.69) is 16.0 Å². The molecule has 1 aliphatic heterocycles. The van der Waals surface area contributed by atoms with E-state index in [-0.39, 0.29) is 5.84 Å². The number of fused-ring (bicyclic) bond motifs is 1. The molecule has 1 fully saturated rings. The number of pyridine rings is 1. The lowest BCUT2D eigenvalue weighted by Crippen LogP contribution is -2.37. The summed E-state index contributed by atoms with van der Waals surface area (Å²) in [6, 6.07) is 7.88. The van der Waals surface area contributed by atoms with Crippen LogP contribution < -0.4 is 5.73 Å². The lowest BCUT2D eigenvalue weighted by Gasteiger charge is -2.25. The average molecular weight is 356 g/mol. The number of nitrogen functional groups attached to an aromatic ring is 1. The van der Waals surface area contributed by atoms with Crippen molar-refractivity contribution < 1.29 is 4.74 Å². The molecule has 25 heavy (non-hydrogen) atoms. The molecule has 0 atom stereocenters. The van der Waals surface area contributed by atoms with Crippen LogP contribution in [0.4, 0.5) is 0 Å². The highest BCUT2D eigenvalue weighted by Gasteiger charge is 2.16. The summed E-state index contributed by atoms with van der Waals surface area (Å²) < 4.78 is 7.20. The van der Waals surface area contributed by atoms with E-state index in [4.69, 9.17) is 21.0 Å². The van der Waals surface area contributed by atoms with Crippen LogP contribution in [0.3, 0.4) is 0 Å². The van der Waals surface area contributed by atoms with Crippen molar-refractivity contribution >= 4 is 22.8 Å². The molecule has 1 saturated heterocycles. The second kappa shape index (κ2) is 6.91. The molecule has 0 radical (unpaired) electrons. The zero-order valence-electron chi connectivity index (χ0n) is 13.8. The molecule has 7 nitrogen and oxygen atoms in total. The van der Waals surface area contributed by atoms with Crippen LogP contribution in [0.5, 0.6) is 0 Å². The number of amidine groups is 1. The molecule has 0 saturated carbocycles. The second-order valence-corrected chi connectivity index (χ2v) is 6.94. The van der Waals surface area contributed by atoms with Crippen LogP contribution in [-0.2, 0) is 11.2 Å². The Morgan fingerprint density at radius 3 is 2.84 bits per heavy atom. The molecule has 3 N–H and O–H groups in total. The Kier molecular flexibility index (Phi) is 4.48. The van der Waals surface area contributed by atoms with Gasteiger partial charge < -0.3 is 10.5 Å². The summed E-state index contributed by atoms with van der Waals surface area (Å²) in [5.41, 5.74) is 7.97. The highest BCUT2D eigenvalue weighted by Crippen LogP contribution is 2.26. The van der Waals surface area contributed by atoms with Gasteiger partial charge in [0.05, 0.1) is 29.3 Å². The minimum atomic E-state index is 0.00913. The molecular weight excluding hydrogens is 336 g/mol. The van der Waals surface area contributed by atoms with Crippen molar-refractivity contribution in [3.05, 3.63) is 41.0 Å². The third-order valence-corrected chi connectivity index (χ3v) is 5.24. The van der Waals surface area contributed by atoms with Crippen LogP contribution in [0.15, 0.2) is 29.6 Å². The summed E-state index contributed by atoms with van der Waals surface area (Å²) in [7, 11) is 0. The molecule has 8 heteroatoms. The van der Waals surface area contributed by atoms with Crippen LogP contribution in [0, 0.1) is 5.41 Å². The number of hydrogen-bond acceptors (Lipinski definition) is 6. The van der Waals surface area contributed by atoms with Gasteiger partial charge in [0.2, 0.25) is 0 Å². The largest absolute Gasteiger partial charge is 0.384 e. The van der Waals surface area contributed by atoms with E-state index in [9.17, 15) is 0 Å². The summed E-state index contributed by atoms with van der Waals surface area (Å²) in [5, 5.41) is 14.5. The Bertz CT molecular complexity index is 882. The van der Waals surface area contributed by atoms with Gasteiger partial charge in [0.15, 0.2) is 11.5 Å². The number of thiophene rings is 1. The van der Waals surface area contributed by atoms with Gasteiger partial charge in [-0.2, -0.15) is 5.10 Å². The van der Waals surface area contributed by atoms with Crippen molar-refractivity contribution in [3.8, 4) is 10.6 Å². The number of rotatable bonds is 5. The first-order valence-corrected chi connectivity index (χ1v) is 9.17. The van der Waals surface area contributed by atoms with Gasteiger partial charge in [-0.3, -0.25) is 10.3 Å². The van der Waals surface area contributed by atoms with E-state index in [0.29, 0.717) is 11.2 Å². The van der Waals surface area contributed by atoms with Crippen LogP contribution in [0.1, 0.15) is 11.4 Å². The van der Waals surface area contributed by atoms with Gasteiger partial charge in [0.25, 0.3) is 0 Å². The molecule has 0 aromatic carbocycles. The number of ether oxygens (including phenoxy) is 1. The van der Waals surface area contributed by atoms with Crippen molar-refractivity contribution in [1.29, 1.82) is 5.41 Å². The van der Waals surface area contributed by atoms with E-state index in [1.807, 2.05) is 28.1 Å². The first-order valence-electron chi connectivity index (χ1n) is 8.29. The first kappa shape index (κ1) is 16.2. The molecule has 3 aromatic rings. The molecule has 0 unspecified atom stereocenters. The second-order valence-electron chi connectivity index (χ2n) is 5.99. The first-order chi connectivity index (χ1) is 12.2. The average Bonchev–Trinajstić information content (AvgIpc) is 3.29. The van der Waals surface area contributed by atoms with Gasteiger partial charge in [-0.15, -0.1) is 11.3 Å². The Labute approximate surface area is 149 Å². The summed E-state index contributed by atoms with van der Waals surface area (Å²) >= 11 is 1.65. The Morgan fingerprint density at radius 1 is 1.28 bits per heavy atom. The van der Waals surface area contributed by atoms with Gasteiger partial charge in [0.1, 0.15) is 5.84 Å². The standard InChI is InChI=1S/C17H20N6OS/c18-16(19)12-3-4-13(14-2-1-11-25-14)23-17(12)20-15(21-23)5-6-22-7-9-24-10-8-22/h1-4,11H,5-10H2,(H3,18,19). The number of hydrogen-bond donors (Lipinski definition) is 2. The molecule has 0 aliphatic carbocycles. The van der Waals surface area contributed by atoms with Gasteiger partial charge in [-0.25, -0.2) is 9.50 Å². The van der Waals surface area contributed by atoms with Gasteiger partial charge in [0, 0.05) is 26.1 Å². The maximum Gasteiger partial charge on any atom is 0.167 e. The maximum absolute atomic E-state index is 7.81. The molecule has 130 valence electrons. The van der Waals surface area contributed by atoms with Gasteiger partial charge in [-0.1, -0.05) is 6.07 Å². The Balaban J connectivity index is 1.68. The van der Waals surface area contributed by atoms with E-state index in [1.54, 1.807) is 11.3 Å². The van der Waals surface area contributed by atoms with Crippen molar-refractivity contribution in [2.24, 2.45) is 5.73 Å². The van der Waals surface area contributed by atoms with Gasteiger partial charge >= 0.3 is 0 Å². The van der Waals surface area contributed by atoms with Crippen molar-refractivity contribution in [2.75, 3.05) is 32.8 Å². The smallest absolute Gasteiger partial charge is 0.167 e. The third-order valence-electron chi connectivity index (χ3n) is 4.35. The van der Waals surface area contributed by atoms with Crippen LogP contribution in [0.2, 0.25) is 0 Å². The predicted molar refractivity (Wildman–Crippen MR) is 98.3 cm³/mol. The van der Waals surface area contributed by atoms with E-state index in [0.717, 1.165) is 55.7 Å². The summed E-state index contributed by atoms with van der Waals surface area (Å²) in [4.78, 5) is 8.14. The minimum Gasteiger partial charge on any atom is -0.384 e. The van der Waals surface area contributed by atoms with Gasteiger partial charge in [-0.05, 0) is 23.6 Å². The Hall–Kier alpha value is -2.29. The summed E-state index contributed by atoms with van der Waals surface area (Å²) in [5.74, 6) is 0.785. The number of morpholine rings is 1. The molecule has 0 amide bonds. The monoisotopic (exact) mass is 356 g/mol. The fourth-order valence-corrected chi connectivity index (χ4v) is 3.75. The lowest BCUT2D eigenvalue weighted by atomic mass is 10.2. The quantitative estimate of drug-likeness (QED) is 0.535. The lowest BCUT2D eigenvalue weighted by molar-refractivity contribution is 0.0382. The fourth-order valence-electron chi connectivity index (χ4n) is 3.01. The zero-order valence-corrected chi connectivity index (χ0v) is 14.6. The van der Waals surface area contributed by atoms with Crippen LogP contribution >= 0.6 is 11.3 Å². The number of aromatic nitrogens is 3. The fraction of sp³-hybridized carbons (Fsp3) is 0.353. The normalized spacial score (nSPS) is 15.7. The van der Waals surface area contributed by atoms with E-state index in [1.165, 1.54) is 0 Å².